The number of esters is 1. The first-order chi connectivity index (χ1) is 11.3. The fourth-order valence-electron chi connectivity index (χ4n) is 1.79. The van der Waals surface area contributed by atoms with E-state index in [2.05, 4.69) is 0 Å². The SMILES string of the molecule is Cc1ccc(/C=C/C(=O)OCc2ccc(S(=O)(=O)N(C)C)o2)cc1. The Labute approximate surface area is 141 Å². The second-order valence-electron chi connectivity index (χ2n) is 5.36. The Morgan fingerprint density at radius 2 is 1.83 bits per heavy atom. The van der Waals surface area contributed by atoms with E-state index < -0.39 is 16.0 Å². The van der Waals surface area contributed by atoms with E-state index in [9.17, 15) is 13.2 Å². The highest BCUT2D eigenvalue weighted by molar-refractivity contribution is 7.88. The van der Waals surface area contributed by atoms with Gasteiger partial charge >= 0.3 is 5.97 Å². The van der Waals surface area contributed by atoms with Crippen molar-refractivity contribution >= 4 is 22.1 Å². The Morgan fingerprint density at radius 3 is 2.46 bits per heavy atom. The van der Waals surface area contributed by atoms with Crippen LogP contribution in [0.4, 0.5) is 0 Å². The molecule has 0 N–H and O–H groups in total. The van der Waals surface area contributed by atoms with Crippen molar-refractivity contribution in [1.82, 2.24) is 4.31 Å². The minimum Gasteiger partial charge on any atom is -0.454 e. The molecule has 0 saturated heterocycles. The smallest absolute Gasteiger partial charge is 0.331 e. The summed E-state index contributed by atoms with van der Waals surface area (Å²) in [4.78, 5) is 11.7. The third-order valence-electron chi connectivity index (χ3n) is 3.22. The van der Waals surface area contributed by atoms with Gasteiger partial charge in [0.15, 0.2) is 0 Å². The van der Waals surface area contributed by atoms with E-state index in [0.717, 1.165) is 15.4 Å². The molecule has 24 heavy (non-hydrogen) atoms. The van der Waals surface area contributed by atoms with Crippen LogP contribution in [0.5, 0.6) is 0 Å². The summed E-state index contributed by atoms with van der Waals surface area (Å²) in [6, 6.07) is 10.5. The van der Waals surface area contributed by atoms with E-state index >= 15 is 0 Å². The molecule has 0 radical (unpaired) electrons. The molecule has 0 saturated carbocycles. The number of hydrogen-bond acceptors (Lipinski definition) is 5. The minimum absolute atomic E-state index is 0.139. The summed E-state index contributed by atoms with van der Waals surface area (Å²) in [5.41, 5.74) is 2.02. The summed E-state index contributed by atoms with van der Waals surface area (Å²) >= 11 is 0. The maximum absolute atomic E-state index is 11.9. The summed E-state index contributed by atoms with van der Waals surface area (Å²) in [7, 11) is -0.812. The first-order valence-corrected chi connectivity index (χ1v) is 8.66. The molecule has 0 aliphatic carbocycles. The van der Waals surface area contributed by atoms with Crippen molar-refractivity contribution in [1.29, 1.82) is 0 Å². The van der Waals surface area contributed by atoms with Crippen LogP contribution in [-0.2, 0) is 26.2 Å². The molecule has 0 atom stereocenters. The minimum atomic E-state index is -3.63. The van der Waals surface area contributed by atoms with Gasteiger partial charge in [0, 0.05) is 20.2 Å². The van der Waals surface area contributed by atoms with Crippen molar-refractivity contribution in [3.63, 3.8) is 0 Å². The molecule has 1 aromatic carbocycles. The highest BCUT2D eigenvalue weighted by Gasteiger charge is 2.21. The maximum Gasteiger partial charge on any atom is 0.331 e. The highest BCUT2D eigenvalue weighted by Crippen LogP contribution is 2.17. The summed E-state index contributed by atoms with van der Waals surface area (Å²) in [6.45, 7) is 1.84. The van der Waals surface area contributed by atoms with Crippen molar-refractivity contribution < 1.29 is 22.4 Å². The number of benzene rings is 1. The van der Waals surface area contributed by atoms with Gasteiger partial charge in [-0.05, 0) is 30.7 Å². The van der Waals surface area contributed by atoms with E-state index in [4.69, 9.17) is 9.15 Å². The average Bonchev–Trinajstić information content (AvgIpc) is 3.02. The van der Waals surface area contributed by atoms with Crippen LogP contribution in [0.15, 0.2) is 52.0 Å². The van der Waals surface area contributed by atoms with Crippen LogP contribution in [0.3, 0.4) is 0 Å². The zero-order valence-electron chi connectivity index (χ0n) is 13.7. The summed E-state index contributed by atoms with van der Waals surface area (Å²) in [6.07, 6.45) is 2.96. The van der Waals surface area contributed by atoms with Crippen molar-refractivity contribution in [2.45, 2.75) is 18.6 Å². The lowest BCUT2D eigenvalue weighted by atomic mass is 10.1. The number of hydrogen-bond donors (Lipinski definition) is 0. The number of sulfonamides is 1. The van der Waals surface area contributed by atoms with Crippen LogP contribution in [0, 0.1) is 6.92 Å². The standard InChI is InChI=1S/C17H19NO5S/c1-13-4-6-14(7-5-13)8-10-16(19)22-12-15-9-11-17(23-15)24(20,21)18(2)3/h4-11H,12H2,1-3H3/b10-8+. The maximum atomic E-state index is 11.9. The zero-order valence-corrected chi connectivity index (χ0v) is 14.5. The van der Waals surface area contributed by atoms with Gasteiger partial charge in [-0.1, -0.05) is 29.8 Å². The molecule has 6 nitrogen and oxygen atoms in total. The summed E-state index contributed by atoms with van der Waals surface area (Å²) in [5, 5.41) is -0.186. The molecule has 0 fully saturated rings. The average molecular weight is 349 g/mol. The molecule has 0 spiro atoms. The van der Waals surface area contributed by atoms with Crippen molar-refractivity contribution in [2.75, 3.05) is 14.1 Å². The predicted octanol–water partition coefficient (Wildman–Crippen LogP) is 2.59. The van der Waals surface area contributed by atoms with Gasteiger partial charge in [0.2, 0.25) is 5.09 Å². The first-order valence-electron chi connectivity index (χ1n) is 7.22. The predicted molar refractivity (Wildman–Crippen MR) is 89.6 cm³/mol. The summed E-state index contributed by atoms with van der Waals surface area (Å²) < 4.78 is 35.0. The van der Waals surface area contributed by atoms with E-state index in [1.807, 2.05) is 31.2 Å². The quantitative estimate of drug-likeness (QED) is 0.592. The lowest BCUT2D eigenvalue weighted by Crippen LogP contribution is -2.21. The lowest BCUT2D eigenvalue weighted by molar-refractivity contribution is -0.139. The van der Waals surface area contributed by atoms with E-state index in [1.165, 1.54) is 32.3 Å². The molecule has 0 unspecified atom stereocenters. The molecule has 0 aliphatic heterocycles. The Balaban J connectivity index is 1.93. The van der Waals surface area contributed by atoms with Crippen LogP contribution in [-0.4, -0.2) is 32.8 Å². The molecule has 2 aromatic rings. The van der Waals surface area contributed by atoms with Crippen LogP contribution >= 0.6 is 0 Å². The van der Waals surface area contributed by atoms with Crippen LogP contribution in [0.2, 0.25) is 0 Å². The highest BCUT2D eigenvalue weighted by atomic mass is 32.2. The largest absolute Gasteiger partial charge is 0.454 e. The zero-order chi connectivity index (χ0) is 17.7. The van der Waals surface area contributed by atoms with Gasteiger partial charge in [0.1, 0.15) is 12.4 Å². The molecule has 1 aromatic heterocycles. The second-order valence-corrected chi connectivity index (χ2v) is 7.44. The fraction of sp³-hybridized carbons (Fsp3) is 0.235. The van der Waals surface area contributed by atoms with Gasteiger partial charge in [-0.15, -0.1) is 0 Å². The number of aryl methyl sites for hydroxylation is 1. The Bertz CT molecular complexity index is 832. The molecule has 1 heterocycles. The number of rotatable bonds is 6. The topological polar surface area (TPSA) is 76.8 Å². The first kappa shape index (κ1) is 18.0. The van der Waals surface area contributed by atoms with Gasteiger partial charge in [-0.3, -0.25) is 0 Å². The molecule has 0 aliphatic rings. The van der Waals surface area contributed by atoms with Crippen molar-refractivity contribution in [2.24, 2.45) is 0 Å². The van der Waals surface area contributed by atoms with E-state index in [0.29, 0.717) is 0 Å². The third kappa shape index (κ3) is 4.56. The van der Waals surface area contributed by atoms with E-state index in [1.54, 1.807) is 6.08 Å². The summed E-state index contributed by atoms with van der Waals surface area (Å²) in [5.74, 6) is -0.281. The number of ether oxygens (including phenoxy) is 1. The van der Waals surface area contributed by atoms with Crippen LogP contribution < -0.4 is 0 Å². The number of furan rings is 1. The Morgan fingerprint density at radius 1 is 1.17 bits per heavy atom. The molecular formula is C17H19NO5S. The monoisotopic (exact) mass is 349 g/mol. The van der Waals surface area contributed by atoms with Gasteiger partial charge in [-0.25, -0.2) is 17.5 Å². The molecule has 0 amide bonds. The molecular weight excluding hydrogens is 330 g/mol. The Hall–Kier alpha value is -2.38. The van der Waals surface area contributed by atoms with Crippen LogP contribution in [0.1, 0.15) is 16.9 Å². The van der Waals surface area contributed by atoms with Crippen LogP contribution in [0.25, 0.3) is 6.08 Å². The molecule has 128 valence electrons. The molecule has 7 heteroatoms. The van der Waals surface area contributed by atoms with E-state index in [-0.39, 0.29) is 17.5 Å². The number of carbonyl (C=O) groups excluding carboxylic acids is 1. The van der Waals surface area contributed by atoms with Crippen molar-refractivity contribution in [3.8, 4) is 0 Å². The lowest BCUT2D eigenvalue weighted by Gasteiger charge is -2.07. The second kappa shape index (κ2) is 7.46. The normalized spacial score (nSPS) is 12.0. The van der Waals surface area contributed by atoms with Gasteiger partial charge in [0.05, 0.1) is 0 Å². The molecule has 0 bridgehead atoms. The third-order valence-corrected chi connectivity index (χ3v) is 4.91. The van der Waals surface area contributed by atoms with Gasteiger partial charge in [-0.2, -0.15) is 0 Å². The number of nitrogens with zero attached hydrogens (tertiary/aromatic N) is 1. The molecule has 2 rings (SSSR count). The van der Waals surface area contributed by atoms with Gasteiger partial charge in [0.25, 0.3) is 10.0 Å². The number of carbonyl (C=O) groups is 1. The fourth-order valence-corrected chi connectivity index (χ4v) is 2.60. The van der Waals surface area contributed by atoms with Gasteiger partial charge < -0.3 is 9.15 Å². The van der Waals surface area contributed by atoms with Crippen molar-refractivity contribution in [3.05, 3.63) is 59.4 Å². The Kier molecular flexibility index (Phi) is 5.58.